The first-order valence-corrected chi connectivity index (χ1v) is 8.21. The zero-order valence-corrected chi connectivity index (χ0v) is 16.3. The van der Waals surface area contributed by atoms with Gasteiger partial charge in [0.1, 0.15) is 12.7 Å². The van der Waals surface area contributed by atoms with Crippen molar-refractivity contribution >= 4 is 29.9 Å². The van der Waals surface area contributed by atoms with E-state index < -0.39 is 0 Å². The molecule has 0 spiro atoms. The summed E-state index contributed by atoms with van der Waals surface area (Å²) in [6.45, 7) is 1.50. The van der Waals surface area contributed by atoms with Crippen LogP contribution in [0.3, 0.4) is 0 Å². The molecule has 1 aromatic carbocycles. The average Bonchev–Trinajstić information content (AvgIpc) is 3.25. The quantitative estimate of drug-likeness (QED) is 0.426. The molecule has 2 aromatic rings. The summed E-state index contributed by atoms with van der Waals surface area (Å²) in [5.74, 6) is 0.888. The Kier molecular flexibility index (Phi) is 7.48. The Morgan fingerprint density at radius 1 is 1.29 bits per heavy atom. The molecule has 7 heteroatoms. The van der Waals surface area contributed by atoms with Crippen molar-refractivity contribution in [2.45, 2.75) is 44.8 Å². The minimum absolute atomic E-state index is 0. The van der Waals surface area contributed by atoms with Crippen molar-refractivity contribution < 1.29 is 0 Å². The maximum absolute atomic E-state index is 4.32. The van der Waals surface area contributed by atoms with E-state index in [0.29, 0.717) is 6.04 Å². The van der Waals surface area contributed by atoms with E-state index in [1.54, 1.807) is 12.7 Å². The summed E-state index contributed by atoms with van der Waals surface area (Å²) in [6.07, 6.45) is 8.42. The second-order valence-corrected chi connectivity index (χ2v) is 5.96. The minimum atomic E-state index is 0. The van der Waals surface area contributed by atoms with E-state index in [2.05, 4.69) is 50.0 Å². The van der Waals surface area contributed by atoms with Crippen molar-refractivity contribution in [3.8, 4) is 0 Å². The highest BCUT2D eigenvalue weighted by Gasteiger charge is 2.15. The van der Waals surface area contributed by atoms with Crippen LogP contribution in [0.15, 0.2) is 41.9 Å². The third kappa shape index (κ3) is 5.47. The molecule has 6 nitrogen and oxygen atoms in total. The number of benzene rings is 1. The zero-order chi connectivity index (χ0) is 15.9. The SMILES string of the molecule is CN=C(NCc1cccc(Cn2cncn2)c1)NC1CCCC1.I. The highest BCUT2D eigenvalue weighted by Crippen LogP contribution is 2.17. The second-order valence-electron chi connectivity index (χ2n) is 5.96. The molecule has 1 saturated carbocycles. The lowest BCUT2D eigenvalue weighted by Gasteiger charge is -2.17. The van der Waals surface area contributed by atoms with Crippen LogP contribution in [0.2, 0.25) is 0 Å². The Hall–Kier alpha value is -1.64. The summed E-state index contributed by atoms with van der Waals surface area (Å²) in [6, 6.07) is 9.07. The van der Waals surface area contributed by atoms with E-state index in [-0.39, 0.29) is 24.0 Å². The van der Waals surface area contributed by atoms with Crippen LogP contribution in [0.1, 0.15) is 36.8 Å². The highest BCUT2D eigenvalue weighted by molar-refractivity contribution is 14.0. The van der Waals surface area contributed by atoms with Gasteiger partial charge in [-0.25, -0.2) is 9.67 Å². The van der Waals surface area contributed by atoms with Crippen molar-refractivity contribution in [2.24, 2.45) is 4.99 Å². The molecule has 0 amide bonds. The van der Waals surface area contributed by atoms with Gasteiger partial charge in [0.05, 0.1) is 6.54 Å². The first kappa shape index (κ1) is 18.7. The van der Waals surface area contributed by atoms with E-state index in [9.17, 15) is 0 Å². The molecule has 1 aromatic heterocycles. The fourth-order valence-corrected chi connectivity index (χ4v) is 2.98. The van der Waals surface area contributed by atoms with Gasteiger partial charge in [-0.15, -0.1) is 24.0 Å². The molecule has 1 heterocycles. The number of aliphatic imine (C=N–C) groups is 1. The number of hydrogen-bond acceptors (Lipinski definition) is 3. The predicted molar refractivity (Wildman–Crippen MR) is 107 cm³/mol. The molecule has 0 saturated heterocycles. The fraction of sp³-hybridized carbons (Fsp3) is 0.471. The molecule has 1 aliphatic rings. The van der Waals surface area contributed by atoms with Crippen LogP contribution in [0.5, 0.6) is 0 Å². The fourth-order valence-electron chi connectivity index (χ4n) is 2.98. The van der Waals surface area contributed by atoms with Gasteiger partial charge in [0.2, 0.25) is 0 Å². The van der Waals surface area contributed by atoms with Crippen molar-refractivity contribution in [2.75, 3.05) is 7.05 Å². The number of nitrogens with one attached hydrogen (secondary N) is 2. The molecule has 1 fully saturated rings. The summed E-state index contributed by atoms with van der Waals surface area (Å²) in [4.78, 5) is 8.30. The Bertz CT molecular complexity index is 634. The van der Waals surface area contributed by atoms with Gasteiger partial charge in [0.15, 0.2) is 5.96 Å². The average molecular weight is 440 g/mol. The molecule has 0 unspecified atom stereocenters. The van der Waals surface area contributed by atoms with Crippen molar-refractivity contribution in [1.82, 2.24) is 25.4 Å². The van der Waals surface area contributed by atoms with E-state index in [0.717, 1.165) is 19.0 Å². The highest BCUT2D eigenvalue weighted by atomic mass is 127. The lowest BCUT2D eigenvalue weighted by molar-refractivity contribution is 0.613. The third-order valence-electron chi connectivity index (χ3n) is 4.18. The summed E-state index contributed by atoms with van der Waals surface area (Å²) in [5, 5.41) is 11.1. The van der Waals surface area contributed by atoms with Gasteiger partial charge >= 0.3 is 0 Å². The number of aromatic nitrogens is 3. The molecule has 0 bridgehead atoms. The molecule has 1 aliphatic carbocycles. The van der Waals surface area contributed by atoms with Gasteiger partial charge in [-0.05, 0) is 24.0 Å². The maximum Gasteiger partial charge on any atom is 0.191 e. The first-order valence-electron chi connectivity index (χ1n) is 8.21. The van der Waals surface area contributed by atoms with Gasteiger partial charge in [-0.2, -0.15) is 5.10 Å². The van der Waals surface area contributed by atoms with Crippen LogP contribution in [0.25, 0.3) is 0 Å². The summed E-state index contributed by atoms with van der Waals surface area (Å²) >= 11 is 0. The Balaban J connectivity index is 0.00000208. The van der Waals surface area contributed by atoms with Gasteiger partial charge < -0.3 is 10.6 Å². The number of rotatable bonds is 5. The molecule has 0 atom stereocenters. The van der Waals surface area contributed by atoms with E-state index in [1.165, 1.54) is 36.8 Å². The summed E-state index contributed by atoms with van der Waals surface area (Å²) < 4.78 is 1.83. The molecular formula is C17H25IN6. The van der Waals surface area contributed by atoms with E-state index in [1.807, 2.05) is 11.7 Å². The molecule has 0 radical (unpaired) electrons. The van der Waals surface area contributed by atoms with Crippen molar-refractivity contribution in [1.29, 1.82) is 0 Å². The smallest absolute Gasteiger partial charge is 0.191 e. The van der Waals surface area contributed by atoms with E-state index >= 15 is 0 Å². The first-order chi connectivity index (χ1) is 11.3. The zero-order valence-electron chi connectivity index (χ0n) is 14.0. The number of hydrogen-bond donors (Lipinski definition) is 2. The van der Waals surface area contributed by atoms with Gasteiger partial charge in [-0.1, -0.05) is 37.1 Å². The Labute approximate surface area is 160 Å². The lowest BCUT2D eigenvalue weighted by atomic mass is 10.1. The Morgan fingerprint density at radius 2 is 2.08 bits per heavy atom. The lowest BCUT2D eigenvalue weighted by Crippen LogP contribution is -2.41. The normalized spacial score (nSPS) is 15.1. The standard InChI is InChI=1S/C17H24N6.HI/c1-18-17(22-16-7-2-3-8-16)20-10-14-5-4-6-15(9-14)11-23-13-19-12-21-23;/h4-6,9,12-13,16H,2-3,7-8,10-11H2,1H3,(H2,18,20,22);1H. The van der Waals surface area contributed by atoms with Crippen LogP contribution >= 0.6 is 24.0 Å². The van der Waals surface area contributed by atoms with Crippen LogP contribution < -0.4 is 10.6 Å². The monoisotopic (exact) mass is 440 g/mol. The van der Waals surface area contributed by atoms with Crippen LogP contribution in [0.4, 0.5) is 0 Å². The van der Waals surface area contributed by atoms with Crippen LogP contribution in [0, 0.1) is 0 Å². The van der Waals surface area contributed by atoms with E-state index in [4.69, 9.17) is 0 Å². The predicted octanol–water partition coefficient (Wildman–Crippen LogP) is 2.55. The van der Waals surface area contributed by atoms with Crippen LogP contribution in [-0.4, -0.2) is 33.8 Å². The molecule has 3 rings (SSSR count). The Morgan fingerprint density at radius 3 is 2.79 bits per heavy atom. The van der Waals surface area contributed by atoms with Gasteiger partial charge in [-0.3, -0.25) is 4.99 Å². The molecular weight excluding hydrogens is 415 g/mol. The molecule has 2 N–H and O–H groups in total. The van der Waals surface area contributed by atoms with Gasteiger partial charge in [0, 0.05) is 19.6 Å². The summed E-state index contributed by atoms with van der Waals surface area (Å²) in [7, 11) is 1.82. The third-order valence-corrected chi connectivity index (χ3v) is 4.18. The molecule has 130 valence electrons. The van der Waals surface area contributed by atoms with Crippen molar-refractivity contribution in [3.63, 3.8) is 0 Å². The second kappa shape index (κ2) is 9.61. The largest absolute Gasteiger partial charge is 0.354 e. The number of halogens is 1. The van der Waals surface area contributed by atoms with Gasteiger partial charge in [0.25, 0.3) is 0 Å². The minimum Gasteiger partial charge on any atom is -0.354 e. The van der Waals surface area contributed by atoms with Crippen molar-refractivity contribution in [3.05, 3.63) is 48.0 Å². The number of guanidine groups is 1. The summed E-state index contributed by atoms with van der Waals surface area (Å²) in [5.41, 5.74) is 2.45. The molecule has 0 aliphatic heterocycles. The topological polar surface area (TPSA) is 67.1 Å². The number of nitrogens with zero attached hydrogens (tertiary/aromatic N) is 4. The molecule has 24 heavy (non-hydrogen) atoms. The maximum atomic E-state index is 4.32. The van der Waals surface area contributed by atoms with Crippen LogP contribution in [-0.2, 0) is 13.1 Å².